The predicted molar refractivity (Wildman–Crippen MR) is 57.4 cm³/mol. The van der Waals surface area contributed by atoms with Crippen LogP contribution in [0, 0.1) is 11.3 Å². The van der Waals surface area contributed by atoms with E-state index in [2.05, 4.69) is 26.8 Å². The van der Waals surface area contributed by atoms with Crippen LogP contribution >= 0.6 is 0 Å². The second-order valence-electron chi connectivity index (χ2n) is 3.44. The quantitative estimate of drug-likeness (QED) is 0.560. The molecule has 13 heavy (non-hydrogen) atoms. The lowest BCUT2D eigenvalue weighted by Gasteiger charge is -2.07. The first-order valence-electron chi connectivity index (χ1n) is 5.41. The summed E-state index contributed by atoms with van der Waals surface area (Å²) in [5, 5.41) is 8.97. The minimum absolute atomic E-state index is 0.964. The summed E-state index contributed by atoms with van der Waals surface area (Å²) in [5.74, 6) is 0. The first kappa shape index (κ1) is 12.2. The van der Waals surface area contributed by atoms with E-state index in [1.807, 2.05) is 0 Å². The van der Waals surface area contributed by atoms with Crippen LogP contribution in [0.5, 0.6) is 0 Å². The molecule has 0 aromatic carbocycles. The van der Waals surface area contributed by atoms with Crippen LogP contribution < -0.4 is 0 Å². The highest BCUT2D eigenvalue weighted by Crippen LogP contribution is 2.19. The third-order valence-corrected chi connectivity index (χ3v) is 2.17. The van der Waals surface area contributed by atoms with Crippen LogP contribution in [0.2, 0.25) is 0 Å². The van der Waals surface area contributed by atoms with Gasteiger partial charge in [0.2, 0.25) is 0 Å². The monoisotopic (exact) mass is 179 g/mol. The van der Waals surface area contributed by atoms with Gasteiger partial charge in [-0.05, 0) is 19.3 Å². The van der Waals surface area contributed by atoms with Gasteiger partial charge in [-0.1, -0.05) is 45.6 Å². The van der Waals surface area contributed by atoms with Crippen LogP contribution in [-0.2, 0) is 0 Å². The van der Waals surface area contributed by atoms with Crippen molar-refractivity contribution < 1.29 is 0 Å². The average molecular weight is 179 g/mol. The molecule has 1 nitrogen and oxygen atoms in total. The Morgan fingerprint density at radius 3 is 1.69 bits per heavy atom. The van der Waals surface area contributed by atoms with Gasteiger partial charge in [-0.15, -0.1) is 0 Å². The molecule has 0 fully saturated rings. The number of nitriles is 1. The molecule has 0 aromatic heterocycles. The molecular formula is C12H21N. The van der Waals surface area contributed by atoms with Crippen molar-refractivity contribution in [2.75, 3.05) is 0 Å². The summed E-state index contributed by atoms with van der Waals surface area (Å²) in [7, 11) is 0. The maximum absolute atomic E-state index is 8.97. The molecule has 0 heterocycles. The van der Waals surface area contributed by atoms with E-state index in [1.165, 1.54) is 5.57 Å². The Hall–Kier alpha value is -0.770. The molecule has 0 N–H and O–H groups in total. The first-order valence-corrected chi connectivity index (χ1v) is 5.41. The molecule has 1 heteroatoms. The summed E-state index contributed by atoms with van der Waals surface area (Å²) in [4.78, 5) is 0. The van der Waals surface area contributed by atoms with Crippen LogP contribution in [0.15, 0.2) is 11.1 Å². The van der Waals surface area contributed by atoms with Crippen molar-refractivity contribution in [2.45, 2.75) is 59.3 Å². The third-order valence-electron chi connectivity index (χ3n) is 2.17. The first-order chi connectivity index (χ1) is 6.29. The molecule has 0 radical (unpaired) electrons. The lowest BCUT2D eigenvalue weighted by molar-refractivity contribution is 0.775. The summed E-state index contributed by atoms with van der Waals surface area (Å²) in [5.41, 5.74) is 2.44. The van der Waals surface area contributed by atoms with Crippen LogP contribution in [0.1, 0.15) is 59.3 Å². The normalized spacial score (nSPS) is 9.38. The van der Waals surface area contributed by atoms with Crippen LogP contribution in [0.25, 0.3) is 0 Å². The van der Waals surface area contributed by atoms with Crippen molar-refractivity contribution in [3.63, 3.8) is 0 Å². The highest BCUT2D eigenvalue weighted by atomic mass is 14.3. The number of allylic oxidation sites excluding steroid dienone is 2. The van der Waals surface area contributed by atoms with Gasteiger partial charge >= 0.3 is 0 Å². The molecule has 0 aliphatic heterocycles. The molecule has 0 spiro atoms. The lowest BCUT2D eigenvalue weighted by atomic mass is 9.97. The van der Waals surface area contributed by atoms with E-state index >= 15 is 0 Å². The second-order valence-corrected chi connectivity index (χ2v) is 3.44. The van der Waals surface area contributed by atoms with E-state index < -0.39 is 0 Å². The Morgan fingerprint density at radius 1 is 0.923 bits per heavy atom. The topological polar surface area (TPSA) is 23.8 Å². The second kappa shape index (κ2) is 7.86. The standard InChI is InChI=1S/C12H21N/c1-4-7-11(8-5-2)12(10-13)9-6-3/h4-9H2,1-3H3. The van der Waals surface area contributed by atoms with Gasteiger partial charge in [-0.25, -0.2) is 0 Å². The summed E-state index contributed by atoms with van der Waals surface area (Å²) >= 11 is 0. The Balaban J connectivity index is 4.47. The summed E-state index contributed by atoms with van der Waals surface area (Å²) in [6.45, 7) is 6.49. The van der Waals surface area contributed by atoms with Gasteiger partial charge in [-0.3, -0.25) is 0 Å². The zero-order chi connectivity index (χ0) is 10.1. The molecule has 0 saturated heterocycles. The third kappa shape index (κ3) is 4.72. The highest BCUT2D eigenvalue weighted by Gasteiger charge is 2.03. The predicted octanol–water partition coefficient (Wildman–Crippen LogP) is 4.21. The fourth-order valence-electron chi connectivity index (χ4n) is 1.59. The van der Waals surface area contributed by atoms with Gasteiger partial charge in [-0.2, -0.15) is 5.26 Å². The SMILES string of the molecule is CCCC(C#N)=C(CCC)CCC. The van der Waals surface area contributed by atoms with E-state index in [0.29, 0.717) is 0 Å². The molecule has 0 amide bonds. The Bertz CT molecular complexity index is 188. The molecule has 0 atom stereocenters. The number of rotatable bonds is 6. The lowest BCUT2D eigenvalue weighted by Crippen LogP contribution is -1.91. The minimum atomic E-state index is 0.964. The summed E-state index contributed by atoms with van der Waals surface area (Å²) in [6, 6.07) is 2.35. The molecule has 0 bridgehead atoms. The van der Waals surface area contributed by atoms with E-state index in [1.54, 1.807) is 0 Å². The zero-order valence-electron chi connectivity index (χ0n) is 9.19. The van der Waals surface area contributed by atoms with Crippen LogP contribution in [-0.4, -0.2) is 0 Å². The molecule has 0 aromatic rings. The minimum Gasteiger partial charge on any atom is -0.193 e. The van der Waals surface area contributed by atoms with Crippen molar-refractivity contribution >= 4 is 0 Å². The highest BCUT2D eigenvalue weighted by molar-refractivity contribution is 5.27. The fourth-order valence-corrected chi connectivity index (χ4v) is 1.59. The summed E-state index contributed by atoms with van der Waals surface area (Å²) < 4.78 is 0. The van der Waals surface area contributed by atoms with Crippen molar-refractivity contribution in [3.8, 4) is 6.07 Å². The Kier molecular flexibility index (Phi) is 7.39. The maximum Gasteiger partial charge on any atom is 0.0946 e. The molecule has 0 rings (SSSR count). The van der Waals surface area contributed by atoms with Crippen LogP contribution in [0.3, 0.4) is 0 Å². The molecule has 0 unspecified atom stereocenters. The Labute approximate surface area is 82.5 Å². The van der Waals surface area contributed by atoms with Gasteiger partial charge in [0, 0.05) is 5.57 Å². The molecule has 0 aliphatic carbocycles. The average Bonchev–Trinajstić information content (AvgIpc) is 2.14. The fraction of sp³-hybridized carbons (Fsp3) is 0.750. The summed E-state index contributed by atoms with van der Waals surface area (Å²) in [6.07, 6.45) is 6.58. The van der Waals surface area contributed by atoms with Crippen LogP contribution in [0.4, 0.5) is 0 Å². The molecular weight excluding hydrogens is 158 g/mol. The zero-order valence-corrected chi connectivity index (χ0v) is 9.19. The van der Waals surface area contributed by atoms with Gasteiger partial charge in [0.15, 0.2) is 0 Å². The van der Waals surface area contributed by atoms with E-state index in [0.717, 1.165) is 44.1 Å². The number of nitrogens with zero attached hydrogens (tertiary/aromatic N) is 1. The molecule has 0 aliphatic rings. The van der Waals surface area contributed by atoms with Crippen molar-refractivity contribution in [2.24, 2.45) is 0 Å². The smallest absolute Gasteiger partial charge is 0.0946 e. The van der Waals surface area contributed by atoms with E-state index in [4.69, 9.17) is 5.26 Å². The van der Waals surface area contributed by atoms with Crippen molar-refractivity contribution in [1.29, 1.82) is 5.26 Å². The van der Waals surface area contributed by atoms with E-state index in [-0.39, 0.29) is 0 Å². The largest absolute Gasteiger partial charge is 0.193 e. The van der Waals surface area contributed by atoms with Crippen molar-refractivity contribution in [1.82, 2.24) is 0 Å². The van der Waals surface area contributed by atoms with E-state index in [9.17, 15) is 0 Å². The number of hydrogen-bond acceptors (Lipinski definition) is 1. The van der Waals surface area contributed by atoms with Gasteiger partial charge < -0.3 is 0 Å². The van der Waals surface area contributed by atoms with Gasteiger partial charge in [0.25, 0.3) is 0 Å². The molecule has 0 saturated carbocycles. The van der Waals surface area contributed by atoms with Gasteiger partial charge in [0.1, 0.15) is 0 Å². The number of hydrogen-bond donors (Lipinski definition) is 0. The molecule has 74 valence electrons. The van der Waals surface area contributed by atoms with Crippen molar-refractivity contribution in [3.05, 3.63) is 11.1 Å². The maximum atomic E-state index is 8.97. The van der Waals surface area contributed by atoms with Gasteiger partial charge in [0.05, 0.1) is 6.07 Å². The Morgan fingerprint density at radius 2 is 1.38 bits per heavy atom.